The van der Waals surface area contributed by atoms with Crippen LogP contribution in [0.2, 0.25) is 0 Å². The first kappa shape index (κ1) is 25.0. The third-order valence-corrected chi connectivity index (χ3v) is 7.72. The number of nitrogens with zero attached hydrogens (tertiary/aromatic N) is 2. The van der Waals surface area contributed by atoms with E-state index in [1.807, 2.05) is 58.2 Å². The number of rotatable bonds is 8. The van der Waals surface area contributed by atoms with Gasteiger partial charge in [0.15, 0.2) is 5.17 Å². The van der Waals surface area contributed by atoms with E-state index in [9.17, 15) is 14.0 Å². The quantitative estimate of drug-likeness (QED) is 0.367. The predicted octanol–water partition coefficient (Wildman–Crippen LogP) is 5.87. The zero-order chi connectivity index (χ0) is 25.8. The molecule has 1 aromatic heterocycles. The number of benzene rings is 2. The molecule has 1 N–H and O–H groups in total. The van der Waals surface area contributed by atoms with Gasteiger partial charge in [-0.05, 0) is 41.5 Å². The number of carbonyl (C=O) groups is 2. The summed E-state index contributed by atoms with van der Waals surface area (Å²) >= 11 is 2.97. The van der Waals surface area contributed by atoms with Crippen molar-refractivity contribution in [3.05, 3.63) is 111 Å². The molecule has 9 heteroatoms. The SMILES string of the molecule is CCOC(=O)C1=C(c2ccccc2)N=C2SC=C(CC(=O)NCc3ccc(F)cc3)N2C1c1cccs1. The van der Waals surface area contributed by atoms with Crippen molar-refractivity contribution in [3.8, 4) is 0 Å². The molecule has 188 valence electrons. The van der Waals surface area contributed by atoms with Crippen LogP contribution in [0.5, 0.6) is 0 Å². The van der Waals surface area contributed by atoms with Crippen molar-refractivity contribution >= 4 is 45.8 Å². The van der Waals surface area contributed by atoms with Crippen LogP contribution in [-0.4, -0.2) is 28.6 Å². The summed E-state index contributed by atoms with van der Waals surface area (Å²) < 4.78 is 18.7. The summed E-state index contributed by atoms with van der Waals surface area (Å²) in [7, 11) is 0. The molecule has 0 spiro atoms. The number of nitrogens with one attached hydrogen (secondary N) is 1. The summed E-state index contributed by atoms with van der Waals surface area (Å²) in [4.78, 5) is 34.1. The molecule has 6 nitrogen and oxygen atoms in total. The number of thiophene rings is 1. The van der Waals surface area contributed by atoms with Crippen molar-refractivity contribution in [2.75, 3.05) is 6.61 Å². The Hall–Kier alpha value is -3.69. The van der Waals surface area contributed by atoms with E-state index in [0.29, 0.717) is 23.0 Å². The fourth-order valence-corrected chi connectivity index (χ4v) is 5.98. The van der Waals surface area contributed by atoms with Crippen molar-refractivity contribution in [2.24, 2.45) is 4.99 Å². The molecule has 2 aromatic carbocycles. The number of carbonyl (C=O) groups excluding carboxylic acids is 2. The highest BCUT2D eigenvalue weighted by molar-refractivity contribution is 8.16. The Morgan fingerprint density at radius 3 is 2.57 bits per heavy atom. The molecule has 1 amide bonds. The number of amidine groups is 1. The molecule has 0 saturated heterocycles. The van der Waals surface area contributed by atoms with Gasteiger partial charge in [-0.2, -0.15) is 0 Å². The van der Waals surface area contributed by atoms with Crippen LogP contribution in [0.4, 0.5) is 4.39 Å². The number of amides is 1. The van der Waals surface area contributed by atoms with Gasteiger partial charge in [0, 0.05) is 22.7 Å². The topological polar surface area (TPSA) is 71.0 Å². The Bertz CT molecular complexity index is 1380. The number of thioether (sulfide) groups is 1. The monoisotopic (exact) mass is 533 g/mol. The van der Waals surface area contributed by atoms with Crippen LogP contribution in [-0.2, 0) is 20.9 Å². The van der Waals surface area contributed by atoms with Crippen molar-refractivity contribution < 1.29 is 18.7 Å². The van der Waals surface area contributed by atoms with Crippen molar-refractivity contribution in [2.45, 2.75) is 25.9 Å². The lowest BCUT2D eigenvalue weighted by atomic mass is 9.95. The molecule has 0 aliphatic carbocycles. The van der Waals surface area contributed by atoms with Gasteiger partial charge in [-0.3, -0.25) is 4.79 Å². The van der Waals surface area contributed by atoms with E-state index in [1.54, 1.807) is 19.1 Å². The summed E-state index contributed by atoms with van der Waals surface area (Å²) in [5.74, 6) is -0.933. The van der Waals surface area contributed by atoms with Crippen LogP contribution in [0.3, 0.4) is 0 Å². The minimum absolute atomic E-state index is 0.103. The molecule has 0 radical (unpaired) electrons. The van der Waals surface area contributed by atoms with Gasteiger partial charge in [-0.25, -0.2) is 14.2 Å². The van der Waals surface area contributed by atoms with Gasteiger partial charge < -0.3 is 15.0 Å². The maximum atomic E-state index is 13.4. The molecule has 3 aromatic rings. The lowest BCUT2D eigenvalue weighted by Crippen LogP contribution is -2.37. The molecule has 2 aliphatic heterocycles. The minimum atomic E-state index is -0.479. The molecular formula is C28H24FN3O3S2. The molecular weight excluding hydrogens is 509 g/mol. The summed E-state index contributed by atoms with van der Waals surface area (Å²) in [6.07, 6.45) is 0.103. The molecule has 1 unspecified atom stereocenters. The van der Waals surface area contributed by atoms with E-state index in [0.717, 1.165) is 21.7 Å². The fourth-order valence-electron chi connectivity index (χ4n) is 4.23. The number of ether oxygens (including phenoxy) is 1. The van der Waals surface area contributed by atoms with Crippen LogP contribution in [0, 0.1) is 5.82 Å². The second-order valence-electron chi connectivity index (χ2n) is 8.34. The second-order valence-corrected chi connectivity index (χ2v) is 10.2. The van der Waals surface area contributed by atoms with Gasteiger partial charge in [0.05, 0.1) is 24.3 Å². The lowest BCUT2D eigenvalue weighted by Gasteiger charge is -2.36. The Morgan fingerprint density at radius 1 is 1.08 bits per heavy atom. The Labute approximate surface area is 222 Å². The van der Waals surface area contributed by atoms with Crippen LogP contribution >= 0.6 is 23.1 Å². The normalized spacial score (nSPS) is 16.7. The summed E-state index contributed by atoms with van der Waals surface area (Å²) in [5.41, 5.74) is 3.39. The maximum Gasteiger partial charge on any atom is 0.338 e. The van der Waals surface area contributed by atoms with E-state index in [4.69, 9.17) is 9.73 Å². The van der Waals surface area contributed by atoms with Crippen LogP contribution < -0.4 is 5.32 Å². The fraction of sp³-hybridized carbons (Fsp3) is 0.179. The van der Waals surface area contributed by atoms with Gasteiger partial charge >= 0.3 is 5.97 Å². The largest absolute Gasteiger partial charge is 0.463 e. The number of halogens is 1. The second kappa shape index (κ2) is 11.1. The van der Waals surface area contributed by atoms with Gasteiger partial charge in [0.2, 0.25) is 5.91 Å². The van der Waals surface area contributed by atoms with Gasteiger partial charge in [-0.1, -0.05) is 60.3 Å². The summed E-state index contributed by atoms with van der Waals surface area (Å²) in [6.45, 7) is 2.31. The molecule has 37 heavy (non-hydrogen) atoms. The first-order chi connectivity index (χ1) is 18.0. The highest BCUT2D eigenvalue weighted by Gasteiger charge is 2.42. The van der Waals surface area contributed by atoms with E-state index in [1.165, 1.54) is 35.2 Å². The van der Waals surface area contributed by atoms with E-state index in [-0.39, 0.29) is 24.8 Å². The molecule has 0 saturated carbocycles. The van der Waals surface area contributed by atoms with Gasteiger partial charge in [0.1, 0.15) is 11.9 Å². The van der Waals surface area contributed by atoms with Crippen LogP contribution in [0.15, 0.2) is 93.8 Å². The summed E-state index contributed by atoms with van der Waals surface area (Å²) in [5, 5.41) is 7.48. The number of fused-ring (bicyclic) bond motifs is 1. The van der Waals surface area contributed by atoms with E-state index < -0.39 is 12.0 Å². The maximum absolute atomic E-state index is 13.4. The van der Waals surface area contributed by atoms with Crippen LogP contribution in [0.1, 0.15) is 35.4 Å². The zero-order valence-corrected chi connectivity index (χ0v) is 21.7. The Balaban J connectivity index is 1.46. The molecule has 0 bridgehead atoms. The van der Waals surface area contributed by atoms with Crippen molar-refractivity contribution in [1.29, 1.82) is 0 Å². The predicted molar refractivity (Wildman–Crippen MR) is 145 cm³/mol. The van der Waals surface area contributed by atoms with Crippen molar-refractivity contribution in [3.63, 3.8) is 0 Å². The van der Waals surface area contributed by atoms with Crippen LogP contribution in [0.25, 0.3) is 5.70 Å². The lowest BCUT2D eigenvalue weighted by molar-refractivity contribution is -0.139. The number of hydrogen-bond acceptors (Lipinski definition) is 7. The molecule has 3 heterocycles. The number of aliphatic imine (C=N–C) groups is 1. The number of hydrogen-bond donors (Lipinski definition) is 1. The molecule has 5 rings (SSSR count). The smallest absolute Gasteiger partial charge is 0.338 e. The highest BCUT2D eigenvalue weighted by Crippen LogP contribution is 2.47. The highest BCUT2D eigenvalue weighted by atomic mass is 32.2. The first-order valence-electron chi connectivity index (χ1n) is 11.8. The molecule has 1 atom stereocenters. The average Bonchev–Trinajstić information content (AvgIpc) is 3.59. The third-order valence-electron chi connectivity index (χ3n) is 5.91. The van der Waals surface area contributed by atoms with E-state index >= 15 is 0 Å². The summed E-state index contributed by atoms with van der Waals surface area (Å²) in [6, 6.07) is 19.1. The minimum Gasteiger partial charge on any atom is -0.463 e. The average molecular weight is 534 g/mol. The van der Waals surface area contributed by atoms with E-state index in [2.05, 4.69) is 5.32 Å². The third kappa shape index (κ3) is 5.38. The standard InChI is InChI=1S/C28H24FN3O3S2/c1-2-35-27(34)24-25(19-7-4-3-5-8-19)31-28-32(26(24)22-9-6-14-36-22)21(17-37-28)15-23(33)30-16-18-10-12-20(29)13-11-18/h3-14,17,26H,2,15-16H2,1H3,(H,30,33). The van der Waals surface area contributed by atoms with Gasteiger partial charge in [-0.15, -0.1) is 11.3 Å². The Morgan fingerprint density at radius 2 is 1.86 bits per heavy atom. The molecule has 2 aliphatic rings. The van der Waals surface area contributed by atoms with Crippen molar-refractivity contribution in [1.82, 2.24) is 10.2 Å². The zero-order valence-electron chi connectivity index (χ0n) is 20.0. The first-order valence-corrected chi connectivity index (χ1v) is 13.6. The molecule has 0 fully saturated rings. The number of esters is 1. The van der Waals surface area contributed by atoms with Gasteiger partial charge in [0.25, 0.3) is 0 Å². The Kier molecular flexibility index (Phi) is 7.52.